The maximum atomic E-state index is 13.2. The first-order chi connectivity index (χ1) is 16.9. The molecular formula is C23H22N8O4. The summed E-state index contributed by atoms with van der Waals surface area (Å²) < 4.78 is 3.40. The van der Waals surface area contributed by atoms with Gasteiger partial charge in [0.25, 0.3) is 11.8 Å². The first-order valence-electron chi connectivity index (χ1n) is 11.4. The van der Waals surface area contributed by atoms with Crippen LogP contribution in [0.2, 0.25) is 0 Å². The van der Waals surface area contributed by atoms with E-state index in [0.717, 1.165) is 11.3 Å². The number of aromatic nitrogens is 5. The zero-order valence-corrected chi connectivity index (χ0v) is 18.9. The third-order valence-electron chi connectivity index (χ3n) is 6.85. The van der Waals surface area contributed by atoms with Gasteiger partial charge in [-0.1, -0.05) is 5.21 Å². The molecule has 3 aliphatic rings. The van der Waals surface area contributed by atoms with Gasteiger partial charge < -0.3 is 9.80 Å². The fourth-order valence-corrected chi connectivity index (χ4v) is 4.95. The lowest BCUT2D eigenvalue weighted by atomic mass is 10.0. The maximum Gasteiger partial charge on any atom is 0.276 e. The molecule has 0 spiro atoms. The van der Waals surface area contributed by atoms with Crippen LogP contribution in [0, 0.1) is 0 Å². The highest BCUT2D eigenvalue weighted by molar-refractivity contribution is 6.05. The van der Waals surface area contributed by atoms with E-state index in [9.17, 15) is 19.2 Å². The Morgan fingerprint density at radius 2 is 2.00 bits per heavy atom. The van der Waals surface area contributed by atoms with Crippen molar-refractivity contribution in [2.45, 2.75) is 51.5 Å². The first kappa shape index (κ1) is 21.2. The van der Waals surface area contributed by atoms with E-state index < -0.39 is 11.9 Å². The molecule has 12 nitrogen and oxygen atoms in total. The number of imide groups is 1. The van der Waals surface area contributed by atoms with Crippen LogP contribution >= 0.6 is 0 Å². The fraction of sp³-hybridized carbons (Fsp3) is 0.348. The SMILES string of the molecule is CC1Cn2nccc2CN1C(=O)c1cn(-c2ccc3c(c2)CN(C2CCC(=O)NC2=O)C3=O)nn1. The van der Waals surface area contributed by atoms with Crippen molar-refractivity contribution < 1.29 is 19.2 Å². The Kier molecular flexibility index (Phi) is 4.76. The number of carbonyl (C=O) groups is 4. The molecule has 2 aromatic heterocycles. The number of amides is 4. The molecule has 2 unspecified atom stereocenters. The minimum atomic E-state index is -0.672. The summed E-state index contributed by atoms with van der Waals surface area (Å²) in [5.74, 6) is -1.22. The highest BCUT2D eigenvalue weighted by Gasteiger charge is 2.39. The van der Waals surface area contributed by atoms with E-state index in [-0.39, 0.29) is 42.4 Å². The molecule has 1 fully saturated rings. The quantitative estimate of drug-likeness (QED) is 0.538. The molecule has 1 aromatic carbocycles. The Morgan fingerprint density at radius 1 is 1.14 bits per heavy atom. The second kappa shape index (κ2) is 7.86. The van der Waals surface area contributed by atoms with Gasteiger partial charge in [-0.3, -0.25) is 29.2 Å². The molecule has 6 rings (SSSR count). The molecule has 178 valence electrons. The largest absolute Gasteiger partial charge is 0.327 e. The molecule has 35 heavy (non-hydrogen) atoms. The lowest BCUT2D eigenvalue weighted by Gasteiger charge is -2.33. The average molecular weight is 474 g/mol. The van der Waals surface area contributed by atoms with Crippen LogP contribution in [-0.2, 0) is 29.2 Å². The molecular weight excluding hydrogens is 452 g/mol. The van der Waals surface area contributed by atoms with Crippen molar-refractivity contribution in [2.24, 2.45) is 0 Å². The summed E-state index contributed by atoms with van der Waals surface area (Å²) in [5.41, 5.74) is 3.10. The zero-order chi connectivity index (χ0) is 24.3. The number of hydrogen-bond donors (Lipinski definition) is 1. The monoisotopic (exact) mass is 474 g/mol. The average Bonchev–Trinajstić information content (AvgIpc) is 3.57. The van der Waals surface area contributed by atoms with E-state index in [1.807, 2.05) is 23.7 Å². The van der Waals surface area contributed by atoms with Gasteiger partial charge in [0.2, 0.25) is 11.8 Å². The summed E-state index contributed by atoms with van der Waals surface area (Å²) in [5, 5.41) is 14.8. The van der Waals surface area contributed by atoms with Crippen molar-refractivity contribution in [1.29, 1.82) is 0 Å². The summed E-state index contributed by atoms with van der Waals surface area (Å²) >= 11 is 0. The number of piperidine rings is 1. The van der Waals surface area contributed by atoms with Gasteiger partial charge >= 0.3 is 0 Å². The predicted molar refractivity (Wildman–Crippen MR) is 119 cm³/mol. The molecule has 0 radical (unpaired) electrons. The van der Waals surface area contributed by atoms with Crippen LogP contribution in [-0.4, -0.2) is 70.3 Å². The summed E-state index contributed by atoms with van der Waals surface area (Å²) in [7, 11) is 0. The van der Waals surface area contributed by atoms with Gasteiger partial charge in [0.15, 0.2) is 5.69 Å². The van der Waals surface area contributed by atoms with Crippen molar-refractivity contribution in [1.82, 2.24) is 39.9 Å². The van der Waals surface area contributed by atoms with E-state index in [1.54, 1.807) is 29.4 Å². The number of nitrogens with zero attached hydrogens (tertiary/aromatic N) is 7. The van der Waals surface area contributed by atoms with E-state index in [4.69, 9.17) is 0 Å². The van der Waals surface area contributed by atoms with Crippen molar-refractivity contribution in [3.05, 3.63) is 59.2 Å². The summed E-state index contributed by atoms with van der Waals surface area (Å²) in [4.78, 5) is 53.0. The van der Waals surface area contributed by atoms with Crippen LogP contribution in [0.4, 0.5) is 0 Å². The van der Waals surface area contributed by atoms with E-state index in [0.29, 0.717) is 30.8 Å². The number of carbonyl (C=O) groups excluding carboxylic acids is 4. The first-order valence-corrected chi connectivity index (χ1v) is 11.4. The molecule has 2 atom stereocenters. The molecule has 1 saturated heterocycles. The van der Waals surface area contributed by atoms with Gasteiger partial charge in [0.1, 0.15) is 6.04 Å². The third kappa shape index (κ3) is 3.49. The van der Waals surface area contributed by atoms with Crippen LogP contribution in [0.1, 0.15) is 51.9 Å². The summed E-state index contributed by atoms with van der Waals surface area (Å²) in [6.07, 6.45) is 3.82. The minimum Gasteiger partial charge on any atom is -0.327 e. The lowest BCUT2D eigenvalue weighted by molar-refractivity contribution is -0.136. The van der Waals surface area contributed by atoms with Crippen LogP contribution in [0.15, 0.2) is 36.7 Å². The predicted octanol–water partition coefficient (Wildman–Crippen LogP) is 0.269. The second-order valence-electron chi connectivity index (χ2n) is 9.08. The third-order valence-corrected chi connectivity index (χ3v) is 6.85. The van der Waals surface area contributed by atoms with Crippen LogP contribution in [0.5, 0.6) is 0 Å². The van der Waals surface area contributed by atoms with Gasteiger partial charge in [-0.2, -0.15) is 5.10 Å². The number of hydrogen-bond acceptors (Lipinski definition) is 7. The molecule has 4 amide bonds. The van der Waals surface area contributed by atoms with Crippen molar-refractivity contribution >= 4 is 23.6 Å². The second-order valence-corrected chi connectivity index (χ2v) is 9.08. The van der Waals surface area contributed by atoms with Crippen LogP contribution < -0.4 is 5.32 Å². The van der Waals surface area contributed by atoms with Gasteiger partial charge in [-0.25, -0.2) is 4.68 Å². The molecule has 0 bridgehead atoms. The Balaban J connectivity index is 1.21. The van der Waals surface area contributed by atoms with Gasteiger partial charge in [-0.15, -0.1) is 5.10 Å². The number of nitrogens with one attached hydrogen (secondary N) is 1. The maximum absolute atomic E-state index is 13.2. The van der Waals surface area contributed by atoms with Gasteiger partial charge in [0.05, 0.1) is 30.7 Å². The molecule has 1 N–H and O–H groups in total. The molecule has 0 saturated carbocycles. The Hall–Kier alpha value is -4.35. The molecule has 5 heterocycles. The highest BCUT2D eigenvalue weighted by Crippen LogP contribution is 2.29. The zero-order valence-electron chi connectivity index (χ0n) is 18.9. The summed E-state index contributed by atoms with van der Waals surface area (Å²) in [6.45, 7) is 3.29. The van der Waals surface area contributed by atoms with E-state index in [2.05, 4.69) is 20.7 Å². The van der Waals surface area contributed by atoms with Crippen LogP contribution in [0.3, 0.4) is 0 Å². The van der Waals surface area contributed by atoms with Crippen molar-refractivity contribution in [3.63, 3.8) is 0 Å². The smallest absolute Gasteiger partial charge is 0.276 e. The molecule has 3 aromatic rings. The molecule has 12 heteroatoms. The van der Waals surface area contributed by atoms with Gasteiger partial charge in [-0.05, 0) is 43.2 Å². The van der Waals surface area contributed by atoms with E-state index in [1.165, 1.54) is 9.58 Å². The van der Waals surface area contributed by atoms with Crippen molar-refractivity contribution in [3.8, 4) is 5.69 Å². The Bertz CT molecular complexity index is 1390. The Morgan fingerprint density at radius 3 is 2.83 bits per heavy atom. The normalized spacial score (nSPS) is 21.7. The van der Waals surface area contributed by atoms with Crippen LogP contribution in [0.25, 0.3) is 5.69 Å². The highest BCUT2D eigenvalue weighted by atomic mass is 16.2. The molecule has 3 aliphatic heterocycles. The fourth-order valence-electron chi connectivity index (χ4n) is 4.95. The number of rotatable bonds is 3. The van der Waals surface area contributed by atoms with Gasteiger partial charge in [0, 0.05) is 30.8 Å². The standard InChI is InChI=1S/C23H22N8O4/c1-13-9-30-16(6-7-24-30)11-28(13)23(35)18-12-31(27-26-18)15-2-3-17-14(8-15)10-29(22(17)34)19-4-5-20(32)25-21(19)33/h2-3,6-8,12-13,19H,4-5,9-11H2,1H3,(H,25,32,33). The number of fused-ring (bicyclic) bond motifs is 2. The Labute approximate surface area is 199 Å². The molecule has 0 aliphatic carbocycles. The minimum absolute atomic E-state index is 0.0377. The topological polar surface area (TPSA) is 135 Å². The summed E-state index contributed by atoms with van der Waals surface area (Å²) in [6, 6.07) is 6.42. The lowest BCUT2D eigenvalue weighted by Crippen LogP contribution is -2.52. The van der Waals surface area contributed by atoms with Crippen molar-refractivity contribution in [2.75, 3.05) is 0 Å². The van der Waals surface area contributed by atoms with E-state index >= 15 is 0 Å². The number of benzene rings is 1.